The third kappa shape index (κ3) is 4.01. The molecular weight excluding hydrogens is 395 g/mol. The first-order chi connectivity index (χ1) is 12.5. The SMILES string of the molecule is C=C(Cl)CSc1nc2scc(-c3ccc(F)cc3)c2c(=O)n1CCOC. The molecule has 2 heterocycles. The van der Waals surface area contributed by atoms with E-state index in [9.17, 15) is 9.18 Å². The van der Waals surface area contributed by atoms with E-state index in [2.05, 4.69) is 11.6 Å². The van der Waals surface area contributed by atoms with E-state index in [4.69, 9.17) is 16.3 Å². The number of rotatable bonds is 7. The van der Waals surface area contributed by atoms with Crippen LogP contribution in [0.4, 0.5) is 4.39 Å². The lowest BCUT2D eigenvalue weighted by atomic mass is 10.1. The number of benzene rings is 1. The fourth-order valence-corrected chi connectivity index (χ4v) is 4.41. The minimum absolute atomic E-state index is 0.143. The lowest BCUT2D eigenvalue weighted by Gasteiger charge is -2.12. The number of thioether (sulfide) groups is 1. The molecule has 8 heteroatoms. The number of thiophene rings is 1. The van der Waals surface area contributed by atoms with E-state index in [1.165, 1.54) is 35.2 Å². The van der Waals surface area contributed by atoms with Crippen molar-refractivity contribution in [3.8, 4) is 11.1 Å². The van der Waals surface area contributed by atoms with Gasteiger partial charge in [0.2, 0.25) is 0 Å². The molecule has 0 atom stereocenters. The molecular formula is C18H16ClFN2O2S2. The number of methoxy groups -OCH3 is 1. The molecule has 136 valence electrons. The quantitative estimate of drug-likeness (QED) is 0.416. The van der Waals surface area contributed by atoms with Gasteiger partial charge < -0.3 is 4.74 Å². The first kappa shape index (κ1) is 19.1. The Morgan fingerprint density at radius 2 is 2.15 bits per heavy atom. The fraction of sp³-hybridized carbons (Fsp3) is 0.222. The van der Waals surface area contributed by atoms with Gasteiger partial charge in [-0.2, -0.15) is 0 Å². The van der Waals surface area contributed by atoms with Crippen LogP contribution in [0.15, 0.2) is 51.2 Å². The normalized spacial score (nSPS) is 11.2. The van der Waals surface area contributed by atoms with Crippen molar-refractivity contribution in [2.24, 2.45) is 0 Å². The van der Waals surface area contributed by atoms with Crippen molar-refractivity contribution in [1.29, 1.82) is 0 Å². The standard InChI is InChI=1S/C18H16ClFN2O2S2/c1-11(19)9-26-18-21-16-15(17(23)22(18)7-8-24-2)14(10-25-16)12-3-5-13(20)6-4-12/h3-6,10H,1,7-9H2,2H3. The van der Waals surface area contributed by atoms with Crippen LogP contribution in [0.5, 0.6) is 0 Å². The zero-order valence-electron chi connectivity index (χ0n) is 14.0. The van der Waals surface area contributed by atoms with Gasteiger partial charge in [-0.05, 0) is 17.7 Å². The molecule has 0 aliphatic heterocycles. The van der Waals surface area contributed by atoms with Crippen molar-refractivity contribution in [1.82, 2.24) is 9.55 Å². The van der Waals surface area contributed by atoms with Gasteiger partial charge in [-0.3, -0.25) is 9.36 Å². The summed E-state index contributed by atoms with van der Waals surface area (Å²) in [5.41, 5.74) is 1.40. The summed E-state index contributed by atoms with van der Waals surface area (Å²) in [6.45, 7) is 4.44. The number of ether oxygens (including phenoxy) is 1. The molecule has 26 heavy (non-hydrogen) atoms. The predicted octanol–water partition coefficient (Wildman–Crippen LogP) is 4.76. The molecule has 0 spiro atoms. The van der Waals surface area contributed by atoms with Crippen LogP contribution in [0.1, 0.15) is 0 Å². The van der Waals surface area contributed by atoms with E-state index >= 15 is 0 Å². The van der Waals surface area contributed by atoms with Crippen LogP contribution < -0.4 is 5.56 Å². The molecule has 3 rings (SSSR count). The average molecular weight is 411 g/mol. The van der Waals surface area contributed by atoms with Gasteiger partial charge in [-0.15, -0.1) is 11.3 Å². The molecule has 0 fully saturated rings. The molecule has 0 aliphatic rings. The second-order valence-electron chi connectivity index (χ2n) is 5.49. The van der Waals surface area contributed by atoms with Crippen LogP contribution in [0, 0.1) is 5.82 Å². The van der Waals surface area contributed by atoms with Crippen molar-refractivity contribution in [3.05, 3.63) is 57.4 Å². The van der Waals surface area contributed by atoms with Crippen LogP contribution in [0.25, 0.3) is 21.3 Å². The highest BCUT2D eigenvalue weighted by Gasteiger charge is 2.17. The minimum atomic E-state index is -0.316. The van der Waals surface area contributed by atoms with Crippen molar-refractivity contribution >= 4 is 44.9 Å². The Hall–Kier alpha value is -1.67. The molecule has 3 aromatic rings. The monoisotopic (exact) mass is 410 g/mol. The van der Waals surface area contributed by atoms with E-state index in [0.29, 0.717) is 39.3 Å². The molecule has 0 amide bonds. The van der Waals surface area contributed by atoms with E-state index < -0.39 is 0 Å². The summed E-state index contributed by atoms with van der Waals surface area (Å²) in [4.78, 5) is 18.4. The van der Waals surface area contributed by atoms with Gasteiger partial charge in [0, 0.05) is 28.8 Å². The van der Waals surface area contributed by atoms with Crippen LogP contribution >= 0.6 is 34.7 Å². The first-order valence-electron chi connectivity index (χ1n) is 7.74. The van der Waals surface area contributed by atoms with Crippen molar-refractivity contribution < 1.29 is 9.13 Å². The molecule has 0 bridgehead atoms. The Kier molecular flexibility index (Phi) is 6.13. The Morgan fingerprint density at radius 3 is 2.81 bits per heavy atom. The molecule has 0 saturated heterocycles. The van der Waals surface area contributed by atoms with Gasteiger partial charge in [0.15, 0.2) is 5.16 Å². The largest absolute Gasteiger partial charge is 0.383 e. The maximum absolute atomic E-state index is 13.2. The predicted molar refractivity (Wildman–Crippen MR) is 107 cm³/mol. The molecule has 0 aliphatic carbocycles. The molecule has 2 aromatic heterocycles. The summed E-state index contributed by atoms with van der Waals surface area (Å²) < 4.78 is 19.9. The molecule has 4 nitrogen and oxygen atoms in total. The lowest BCUT2D eigenvalue weighted by molar-refractivity contribution is 0.183. The summed E-state index contributed by atoms with van der Waals surface area (Å²) in [5.74, 6) is 0.145. The third-order valence-corrected chi connectivity index (χ3v) is 5.92. The smallest absolute Gasteiger partial charge is 0.263 e. The second-order valence-corrected chi connectivity index (χ2v) is 7.82. The Bertz CT molecular complexity index is 999. The number of fused-ring (bicyclic) bond motifs is 1. The molecule has 0 radical (unpaired) electrons. The van der Waals surface area contributed by atoms with Gasteiger partial charge in [0.25, 0.3) is 5.56 Å². The number of halogens is 2. The summed E-state index contributed by atoms with van der Waals surface area (Å²) in [6, 6.07) is 6.09. The summed E-state index contributed by atoms with van der Waals surface area (Å²) in [7, 11) is 1.58. The van der Waals surface area contributed by atoms with E-state index in [-0.39, 0.29) is 11.4 Å². The van der Waals surface area contributed by atoms with Gasteiger partial charge in [-0.1, -0.05) is 42.1 Å². The van der Waals surface area contributed by atoms with E-state index in [1.807, 2.05) is 5.38 Å². The Labute approximate surface area is 163 Å². The molecule has 0 saturated carbocycles. The Morgan fingerprint density at radius 1 is 1.42 bits per heavy atom. The third-order valence-electron chi connectivity index (χ3n) is 3.69. The minimum Gasteiger partial charge on any atom is -0.383 e. The zero-order valence-corrected chi connectivity index (χ0v) is 16.4. The maximum Gasteiger partial charge on any atom is 0.263 e. The van der Waals surface area contributed by atoms with Crippen molar-refractivity contribution in [2.75, 3.05) is 19.5 Å². The first-order valence-corrected chi connectivity index (χ1v) is 9.98. The Balaban J connectivity index is 2.15. The van der Waals surface area contributed by atoms with Gasteiger partial charge in [0.1, 0.15) is 10.6 Å². The van der Waals surface area contributed by atoms with Crippen LogP contribution in [0.3, 0.4) is 0 Å². The highest BCUT2D eigenvalue weighted by Crippen LogP contribution is 2.32. The highest BCUT2D eigenvalue weighted by atomic mass is 35.5. The van der Waals surface area contributed by atoms with Crippen LogP contribution in [0.2, 0.25) is 0 Å². The number of hydrogen-bond acceptors (Lipinski definition) is 5. The molecule has 0 N–H and O–H groups in total. The van der Waals surface area contributed by atoms with Crippen molar-refractivity contribution in [3.63, 3.8) is 0 Å². The van der Waals surface area contributed by atoms with Crippen LogP contribution in [-0.4, -0.2) is 29.0 Å². The second kappa shape index (κ2) is 8.35. The number of aromatic nitrogens is 2. The van der Waals surface area contributed by atoms with E-state index in [1.54, 1.807) is 23.8 Å². The van der Waals surface area contributed by atoms with Gasteiger partial charge >= 0.3 is 0 Å². The zero-order chi connectivity index (χ0) is 18.7. The summed E-state index contributed by atoms with van der Waals surface area (Å²) in [6.07, 6.45) is 0. The van der Waals surface area contributed by atoms with E-state index in [0.717, 1.165) is 11.1 Å². The maximum atomic E-state index is 13.2. The molecule has 1 aromatic carbocycles. The topological polar surface area (TPSA) is 44.1 Å². The summed E-state index contributed by atoms with van der Waals surface area (Å²) in [5, 5.41) is 3.48. The van der Waals surface area contributed by atoms with Gasteiger partial charge in [-0.25, -0.2) is 9.37 Å². The van der Waals surface area contributed by atoms with Gasteiger partial charge in [0.05, 0.1) is 18.5 Å². The highest BCUT2D eigenvalue weighted by molar-refractivity contribution is 7.99. The van der Waals surface area contributed by atoms with Crippen LogP contribution in [-0.2, 0) is 11.3 Å². The van der Waals surface area contributed by atoms with Crippen molar-refractivity contribution in [2.45, 2.75) is 11.7 Å². The lowest BCUT2D eigenvalue weighted by Crippen LogP contribution is -2.25. The number of hydrogen-bond donors (Lipinski definition) is 0. The summed E-state index contributed by atoms with van der Waals surface area (Å²) >= 11 is 8.61. The fourth-order valence-electron chi connectivity index (χ4n) is 2.48. The number of nitrogens with zero attached hydrogens (tertiary/aromatic N) is 2. The average Bonchev–Trinajstić information content (AvgIpc) is 3.04. The molecule has 0 unspecified atom stereocenters.